The van der Waals surface area contributed by atoms with Gasteiger partial charge in [-0.1, -0.05) is 25.4 Å². The molecule has 3 aromatic heterocycles. The van der Waals surface area contributed by atoms with Crippen molar-refractivity contribution in [2.45, 2.75) is 19.8 Å². The summed E-state index contributed by atoms with van der Waals surface area (Å²) in [5.74, 6) is 0.470. The number of aromatic amines is 1. The van der Waals surface area contributed by atoms with Crippen LogP contribution < -0.4 is 0 Å². The quantitative estimate of drug-likeness (QED) is 0.538. The highest BCUT2D eigenvalue weighted by molar-refractivity contribution is 6.34. The van der Waals surface area contributed by atoms with E-state index in [1.807, 2.05) is 16.5 Å². The lowest BCUT2D eigenvalue weighted by atomic mass is 10.1. The van der Waals surface area contributed by atoms with Gasteiger partial charge in [-0.15, -0.1) is 0 Å². The third kappa shape index (κ3) is 2.09. The molecule has 0 amide bonds. The van der Waals surface area contributed by atoms with Gasteiger partial charge in [0.25, 0.3) is 0 Å². The number of benzene rings is 1. The minimum absolute atomic E-state index is 0.470. The van der Waals surface area contributed by atoms with Gasteiger partial charge >= 0.3 is 0 Å². The van der Waals surface area contributed by atoms with E-state index in [4.69, 9.17) is 11.6 Å². The summed E-state index contributed by atoms with van der Waals surface area (Å²) >= 11 is 6.52. The molecule has 4 aromatic rings. The number of aromatic nitrogens is 3. The van der Waals surface area contributed by atoms with E-state index in [1.165, 1.54) is 5.69 Å². The molecule has 0 saturated carbocycles. The lowest BCUT2D eigenvalue weighted by Gasteiger charge is -2.02. The van der Waals surface area contributed by atoms with E-state index in [2.05, 4.69) is 48.2 Å². The van der Waals surface area contributed by atoms with Crippen molar-refractivity contribution in [3.63, 3.8) is 0 Å². The molecule has 3 nitrogen and oxygen atoms in total. The van der Waals surface area contributed by atoms with Gasteiger partial charge in [-0.05, 0) is 36.2 Å². The number of hydrogen-bond acceptors (Lipinski definition) is 1. The lowest BCUT2D eigenvalue weighted by Crippen LogP contribution is -1.84. The fourth-order valence-electron chi connectivity index (χ4n) is 2.81. The van der Waals surface area contributed by atoms with E-state index in [9.17, 15) is 0 Å². The summed E-state index contributed by atoms with van der Waals surface area (Å²) in [4.78, 5) is 7.63. The molecule has 0 spiro atoms. The van der Waals surface area contributed by atoms with Crippen LogP contribution in [0.1, 0.15) is 25.5 Å². The molecular formula is C18H16ClN3. The lowest BCUT2D eigenvalue weighted by molar-refractivity contribution is 0.836. The zero-order chi connectivity index (χ0) is 15.3. The van der Waals surface area contributed by atoms with Crippen molar-refractivity contribution in [2.75, 3.05) is 0 Å². The summed E-state index contributed by atoms with van der Waals surface area (Å²) in [7, 11) is 0. The molecule has 0 saturated heterocycles. The van der Waals surface area contributed by atoms with Gasteiger partial charge in [0.05, 0.1) is 6.33 Å². The first-order valence-electron chi connectivity index (χ1n) is 7.36. The average molecular weight is 310 g/mol. The number of rotatable bonds is 2. The topological polar surface area (TPSA) is 33.1 Å². The van der Waals surface area contributed by atoms with Crippen LogP contribution in [0.5, 0.6) is 0 Å². The molecule has 0 atom stereocenters. The zero-order valence-corrected chi connectivity index (χ0v) is 13.2. The van der Waals surface area contributed by atoms with Crippen LogP contribution in [0.4, 0.5) is 0 Å². The van der Waals surface area contributed by atoms with Gasteiger partial charge in [-0.25, -0.2) is 4.98 Å². The Hall–Kier alpha value is -2.26. The van der Waals surface area contributed by atoms with Crippen molar-refractivity contribution < 1.29 is 0 Å². The summed E-state index contributed by atoms with van der Waals surface area (Å²) in [6.07, 6.45) is 5.66. The van der Waals surface area contributed by atoms with Crippen molar-refractivity contribution in [2.24, 2.45) is 0 Å². The summed E-state index contributed by atoms with van der Waals surface area (Å²) < 4.78 is 2.00. The van der Waals surface area contributed by atoms with E-state index >= 15 is 0 Å². The fraction of sp³-hybridized carbons (Fsp3) is 0.167. The van der Waals surface area contributed by atoms with E-state index < -0.39 is 0 Å². The predicted molar refractivity (Wildman–Crippen MR) is 91.6 cm³/mol. The Balaban J connectivity index is 1.91. The number of H-pyrrole nitrogens is 1. The van der Waals surface area contributed by atoms with Crippen LogP contribution in [0.3, 0.4) is 0 Å². The molecule has 4 heteroatoms. The highest BCUT2D eigenvalue weighted by Crippen LogP contribution is 2.34. The molecule has 0 radical (unpaired) electrons. The largest absolute Gasteiger partial charge is 0.358 e. The summed E-state index contributed by atoms with van der Waals surface area (Å²) in [6.45, 7) is 4.36. The van der Waals surface area contributed by atoms with Crippen LogP contribution in [0.25, 0.3) is 27.5 Å². The monoisotopic (exact) mass is 309 g/mol. The molecule has 0 bridgehead atoms. The first-order chi connectivity index (χ1) is 10.6. The van der Waals surface area contributed by atoms with Crippen LogP contribution in [-0.4, -0.2) is 14.4 Å². The summed E-state index contributed by atoms with van der Waals surface area (Å²) in [5, 5.41) is 1.92. The molecule has 0 fully saturated rings. The zero-order valence-electron chi connectivity index (χ0n) is 12.5. The average Bonchev–Trinajstić information content (AvgIpc) is 3.09. The van der Waals surface area contributed by atoms with Gasteiger partial charge in [0.2, 0.25) is 0 Å². The van der Waals surface area contributed by atoms with Crippen molar-refractivity contribution >= 4 is 28.0 Å². The summed E-state index contributed by atoms with van der Waals surface area (Å²) in [6, 6.07) is 10.5. The molecule has 3 heterocycles. The minimum Gasteiger partial charge on any atom is -0.358 e. The first-order valence-corrected chi connectivity index (χ1v) is 7.74. The molecule has 0 aliphatic carbocycles. The van der Waals surface area contributed by atoms with E-state index in [-0.39, 0.29) is 0 Å². The number of hydrogen-bond donors (Lipinski definition) is 1. The Morgan fingerprint density at radius 2 is 2.05 bits per heavy atom. The van der Waals surface area contributed by atoms with Crippen LogP contribution in [-0.2, 0) is 0 Å². The molecule has 0 aliphatic rings. The normalized spacial score (nSPS) is 11.8. The molecule has 1 aromatic carbocycles. The van der Waals surface area contributed by atoms with Gasteiger partial charge in [-0.3, -0.25) is 0 Å². The van der Waals surface area contributed by atoms with Gasteiger partial charge in [0.1, 0.15) is 0 Å². The SMILES string of the molecule is CC(C)c1cc2cc(Cl)c(-c3cc4ccncn4c3)cc2[nH]1. The van der Waals surface area contributed by atoms with Crippen LogP contribution in [0.15, 0.2) is 49.1 Å². The Morgan fingerprint density at radius 1 is 1.18 bits per heavy atom. The third-order valence-electron chi connectivity index (χ3n) is 4.06. The molecule has 1 N–H and O–H groups in total. The van der Waals surface area contributed by atoms with Crippen LogP contribution in [0, 0.1) is 0 Å². The molecule has 0 aliphatic heterocycles. The van der Waals surface area contributed by atoms with Crippen molar-refractivity contribution in [3.8, 4) is 11.1 Å². The Morgan fingerprint density at radius 3 is 2.82 bits per heavy atom. The van der Waals surface area contributed by atoms with Gasteiger partial charge in [0.15, 0.2) is 0 Å². The minimum atomic E-state index is 0.470. The highest BCUT2D eigenvalue weighted by atomic mass is 35.5. The van der Waals surface area contributed by atoms with E-state index in [0.29, 0.717) is 5.92 Å². The van der Waals surface area contributed by atoms with E-state index in [1.54, 1.807) is 12.5 Å². The Kier molecular flexibility index (Phi) is 2.98. The van der Waals surface area contributed by atoms with Crippen molar-refractivity contribution in [1.29, 1.82) is 0 Å². The van der Waals surface area contributed by atoms with Crippen molar-refractivity contribution in [3.05, 3.63) is 59.8 Å². The van der Waals surface area contributed by atoms with Crippen LogP contribution in [0.2, 0.25) is 5.02 Å². The highest BCUT2D eigenvalue weighted by Gasteiger charge is 2.11. The maximum atomic E-state index is 6.52. The number of halogens is 1. The smallest absolute Gasteiger partial charge is 0.0990 e. The summed E-state index contributed by atoms with van der Waals surface area (Å²) in [5.41, 5.74) is 5.59. The molecule has 4 rings (SSSR count). The second-order valence-electron chi connectivity index (χ2n) is 5.94. The van der Waals surface area contributed by atoms with Gasteiger partial charge in [0, 0.05) is 50.7 Å². The molecule has 22 heavy (non-hydrogen) atoms. The van der Waals surface area contributed by atoms with Gasteiger partial charge < -0.3 is 9.38 Å². The van der Waals surface area contributed by atoms with Crippen LogP contribution >= 0.6 is 11.6 Å². The standard InChI is InChI=1S/C18H16ClN3/c1-11(2)17-7-12-6-16(19)15(8-18(12)21-17)13-5-14-3-4-20-10-22(14)9-13/h3-11,21H,1-2H3. The number of nitrogens with zero attached hydrogens (tertiary/aromatic N) is 2. The van der Waals surface area contributed by atoms with E-state index in [0.717, 1.165) is 32.6 Å². The predicted octanol–water partition coefficient (Wildman–Crippen LogP) is 5.26. The second kappa shape index (κ2) is 4.89. The Labute approximate surface area is 133 Å². The molecule has 0 unspecified atom stereocenters. The first kappa shape index (κ1) is 13.4. The third-order valence-corrected chi connectivity index (χ3v) is 4.38. The van der Waals surface area contributed by atoms with Crippen molar-refractivity contribution in [1.82, 2.24) is 14.4 Å². The molecule has 110 valence electrons. The maximum absolute atomic E-state index is 6.52. The number of nitrogens with one attached hydrogen (secondary N) is 1. The fourth-order valence-corrected chi connectivity index (χ4v) is 3.10. The number of fused-ring (bicyclic) bond motifs is 2. The maximum Gasteiger partial charge on any atom is 0.0990 e. The second-order valence-corrected chi connectivity index (χ2v) is 6.35. The Bertz CT molecular complexity index is 946. The van der Waals surface area contributed by atoms with Gasteiger partial charge in [-0.2, -0.15) is 0 Å². The molecular weight excluding hydrogens is 294 g/mol.